The lowest BCUT2D eigenvalue weighted by Gasteiger charge is -2.09. The number of amides is 1. The van der Waals surface area contributed by atoms with Gasteiger partial charge in [-0.05, 0) is 13.0 Å². The van der Waals surface area contributed by atoms with E-state index in [4.69, 9.17) is 4.74 Å². The minimum absolute atomic E-state index is 0.0497. The Balaban J connectivity index is 1.56. The molecule has 0 saturated heterocycles. The molecular weight excluding hydrogens is 320 g/mol. The average molecular weight is 336 g/mol. The Morgan fingerprint density at radius 2 is 1.92 bits per heavy atom. The number of anilines is 1. The Labute approximate surface area is 144 Å². The quantitative estimate of drug-likeness (QED) is 0.778. The third kappa shape index (κ3) is 2.67. The van der Waals surface area contributed by atoms with Crippen LogP contribution in [0.4, 0.5) is 5.00 Å². The molecule has 1 atom stereocenters. The van der Waals surface area contributed by atoms with Crippen molar-refractivity contribution in [2.45, 2.75) is 12.8 Å². The highest BCUT2D eigenvalue weighted by atomic mass is 32.1. The molecule has 1 aliphatic rings. The van der Waals surface area contributed by atoms with Crippen LogP contribution in [0.25, 0.3) is 10.6 Å². The second-order valence-corrected chi connectivity index (χ2v) is 6.69. The summed E-state index contributed by atoms with van der Waals surface area (Å²) in [5.74, 6) is 0.470. The summed E-state index contributed by atoms with van der Waals surface area (Å²) in [5.41, 5.74) is 2.83. The van der Waals surface area contributed by atoms with Crippen LogP contribution in [-0.2, 0) is 4.79 Å². The zero-order chi connectivity index (χ0) is 16.5. The summed E-state index contributed by atoms with van der Waals surface area (Å²) in [6, 6.07) is 17.7. The van der Waals surface area contributed by atoms with Crippen LogP contribution in [0, 0.1) is 6.92 Å². The smallest absolute Gasteiger partial charge is 0.236 e. The van der Waals surface area contributed by atoms with E-state index in [0.717, 1.165) is 32.6 Å². The van der Waals surface area contributed by atoms with Crippen LogP contribution in [0.2, 0.25) is 0 Å². The van der Waals surface area contributed by atoms with Crippen LogP contribution >= 0.6 is 11.3 Å². The summed E-state index contributed by atoms with van der Waals surface area (Å²) >= 11 is 1.50. The number of ether oxygens (including phenoxy) is 1. The number of rotatable bonds is 3. The summed E-state index contributed by atoms with van der Waals surface area (Å²) in [6.07, 6.45) is 0. The number of thiazole rings is 1. The second-order valence-electron chi connectivity index (χ2n) is 5.69. The number of carbonyl (C=O) groups excluding carboxylic acids is 1. The molecule has 0 bridgehead atoms. The molecule has 1 aliphatic heterocycles. The number of fused-ring (bicyclic) bond motifs is 1. The van der Waals surface area contributed by atoms with Crippen molar-refractivity contribution in [3.8, 4) is 16.3 Å². The number of para-hydroxylation sites is 1. The number of hydrogen-bond acceptors (Lipinski definition) is 4. The highest BCUT2D eigenvalue weighted by Gasteiger charge is 2.30. The third-order valence-electron chi connectivity index (χ3n) is 4.07. The Kier molecular flexibility index (Phi) is 3.78. The van der Waals surface area contributed by atoms with E-state index in [0.29, 0.717) is 6.61 Å². The molecule has 4 rings (SSSR count). The van der Waals surface area contributed by atoms with Crippen molar-refractivity contribution < 1.29 is 9.53 Å². The Bertz CT molecular complexity index is 889. The van der Waals surface area contributed by atoms with Gasteiger partial charge in [0, 0.05) is 11.1 Å². The van der Waals surface area contributed by atoms with Crippen molar-refractivity contribution in [3.05, 3.63) is 65.9 Å². The maximum absolute atomic E-state index is 12.7. The SMILES string of the molecule is Cc1nc(-c2ccccc2)sc1NC(=O)[C@H]1COc2ccccc21. The van der Waals surface area contributed by atoms with Crippen LogP contribution in [0.1, 0.15) is 17.2 Å². The summed E-state index contributed by atoms with van der Waals surface area (Å²) in [7, 11) is 0. The van der Waals surface area contributed by atoms with Gasteiger partial charge in [0.25, 0.3) is 0 Å². The zero-order valence-corrected chi connectivity index (χ0v) is 14.0. The van der Waals surface area contributed by atoms with Crippen LogP contribution in [0.5, 0.6) is 5.75 Å². The molecule has 24 heavy (non-hydrogen) atoms. The van der Waals surface area contributed by atoms with Crippen molar-refractivity contribution in [3.63, 3.8) is 0 Å². The maximum Gasteiger partial charge on any atom is 0.236 e. The van der Waals surface area contributed by atoms with E-state index in [1.165, 1.54) is 11.3 Å². The van der Waals surface area contributed by atoms with Gasteiger partial charge in [0.05, 0.1) is 5.69 Å². The Morgan fingerprint density at radius 3 is 2.75 bits per heavy atom. The molecular formula is C19H16N2O2S. The van der Waals surface area contributed by atoms with Crippen LogP contribution in [0.3, 0.4) is 0 Å². The summed E-state index contributed by atoms with van der Waals surface area (Å²) < 4.78 is 5.60. The van der Waals surface area contributed by atoms with Crippen molar-refractivity contribution in [1.29, 1.82) is 0 Å². The molecule has 5 heteroatoms. The zero-order valence-electron chi connectivity index (χ0n) is 13.2. The number of aryl methyl sites for hydroxylation is 1. The molecule has 1 amide bonds. The van der Waals surface area contributed by atoms with Crippen molar-refractivity contribution in [1.82, 2.24) is 4.98 Å². The fourth-order valence-electron chi connectivity index (χ4n) is 2.80. The van der Waals surface area contributed by atoms with Gasteiger partial charge in [-0.15, -0.1) is 0 Å². The first-order chi connectivity index (χ1) is 11.7. The van der Waals surface area contributed by atoms with Crippen LogP contribution < -0.4 is 10.1 Å². The van der Waals surface area contributed by atoms with Gasteiger partial charge in [-0.25, -0.2) is 4.98 Å². The van der Waals surface area contributed by atoms with Crippen molar-refractivity contribution in [2.24, 2.45) is 0 Å². The number of benzene rings is 2. The standard InChI is InChI=1S/C19H16N2O2S/c1-12-18(24-19(20-12)13-7-3-2-4-8-13)21-17(22)15-11-23-16-10-6-5-9-14(15)16/h2-10,15H,11H2,1H3,(H,21,22)/t15-/m0/s1. The third-order valence-corrected chi connectivity index (χ3v) is 5.19. The highest BCUT2D eigenvalue weighted by molar-refractivity contribution is 7.19. The van der Waals surface area contributed by atoms with Crippen LogP contribution in [-0.4, -0.2) is 17.5 Å². The molecule has 1 aromatic heterocycles. The first-order valence-corrected chi connectivity index (χ1v) is 8.59. The van der Waals surface area contributed by atoms with Gasteiger partial charge in [0.15, 0.2) is 0 Å². The largest absolute Gasteiger partial charge is 0.492 e. The van der Waals surface area contributed by atoms with Gasteiger partial charge < -0.3 is 10.1 Å². The molecule has 4 nitrogen and oxygen atoms in total. The number of nitrogens with one attached hydrogen (secondary N) is 1. The summed E-state index contributed by atoms with van der Waals surface area (Å²) in [5, 5.41) is 4.72. The molecule has 0 saturated carbocycles. The first-order valence-electron chi connectivity index (χ1n) is 7.78. The predicted molar refractivity (Wildman–Crippen MR) is 95.6 cm³/mol. The molecule has 1 N–H and O–H groups in total. The lowest BCUT2D eigenvalue weighted by Crippen LogP contribution is -2.22. The molecule has 0 fully saturated rings. The van der Waals surface area contributed by atoms with Gasteiger partial charge in [-0.1, -0.05) is 59.9 Å². The van der Waals surface area contributed by atoms with E-state index >= 15 is 0 Å². The minimum Gasteiger partial charge on any atom is -0.492 e. The monoisotopic (exact) mass is 336 g/mol. The number of hydrogen-bond donors (Lipinski definition) is 1. The van der Waals surface area contributed by atoms with E-state index in [-0.39, 0.29) is 11.8 Å². The Hall–Kier alpha value is -2.66. The molecule has 120 valence electrons. The highest BCUT2D eigenvalue weighted by Crippen LogP contribution is 2.36. The first kappa shape index (κ1) is 14.9. The number of carbonyl (C=O) groups is 1. The van der Waals surface area contributed by atoms with E-state index in [9.17, 15) is 4.79 Å². The molecule has 2 aromatic carbocycles. The molecule has 0 unspecified atom stereocenters. The summed E-state index contributed by atoms with van der Waals surface area (Å²) in [6.45, 7) is 2.30. The van der Waals surface area contributed by atoms with Gasteiger partial charge in [-0.3, -0.25) is 4.79 Å². The van der Waals surface area contributed by atoms with E-state index in [2.05, 4.69) is 10.3 Å². The lowest BCUT2D eigenvalue weighted by atomic mass is 10.0. The topological polar surface area (TPSA) is 51.2 Å². The normalized spacial score (nSPS) is 15.6. The van der Waals surface area contributed by atoms with Crippen molar-refractivity contribution in [2.75, 3.05) is 11.9 Å². The molecule has 0 aliphatic carbocycles. The van der Waals surface area contributed by atoms with E-state index in [1.807, 2.05) is 61.5 Å². The fraction of sp³-hybridized carbons (Fsp3) is 0.158. The molecule has 3 aromatic rings. The van der Waals surface area contributed by atoms with Crippen LogP contribution in [0.15, 0.2) is 54.6 Å². The van der Waals surface area contributed by atoms with E-state index < -0.39 is 0 Å². The average Bonchev–Trinajstić information content (AvgIpc) is 3.20. The van der Waals surface area contributed by atoms with Gasteiger partial charge >= 0.3 is 0 Å². The molecule has 0 radical (unpaired) electrons. The van der Waals surface area contributed by atoms with Gasteiger partial charge in [0.2, 0.25) is 5.91 Å². The Morgan fingerprint density at radius 1 is 1.17 bits per heavy atom. The lowest BCUT2D eigenvalue weighted by molar-refractivity contribution is -0.117. The van der Waals surface area contributed by atoms with E-state index in [1.54, 1.807) is 0 Å². The second kappa shape index (κ2) is 6.09. The maximum atomic E-state index is 12.7. The van der Waals surface area contributed by atoms with Gasteiger partial charge in [-0.2, -0.15) is 0 Å². The van der Waals surface area contributed by atoms with Crippen molar-refractivity contribution >= 4 is 22.2 Å². The fourth-order valence-corrected chi connectivity index (χ4v) is 3.77. The number of nitrogens with zero attached hydrogens (tertiary/aromatic N) is 1. The molecule has 2 heterocycles. The number of aromatic nitrogens is 1. The predicted octanol–water partition coefficient (Wildman–Crippen LogP) is 4.23. The molecule has 0 spiro atoms. The van der Waals surface area contributed by atoms with Gasteiger partial charge in [0.1, 0.15) is 28.3 Å². The minimum atomic E-state index is -0.275. The summed E-state index contributed by atoms with van der Waals surface area (Å²) in [4.78, 5) is 17.2.